The van der Waals surface area contributed by atoms with Crippen LogP contribution < -0.4 is 5.32 Å². The fourth-order valence-electron chi connectivity index (χ4n) is 4.28. The molecule has 3 fully saturated rings. The molecule has 3 saturated heterocycles. The molecule has 3 nitrogen and oxygen atoms in total. The molecule has 4 unspecified atom stereocenters. The van der Waals surface area contributed by atoms with Crippen LogP contribution in [0.1, 0.15) is 39.0 Å². The summed E-state index contributed by atoms with van der Waals surface area (Å²) in [7, 11) is 2.25. The molecule has 104 valence electrons. The van der Waals surface area contributed by atoms with Gasteiger partial charge in [0.15, 0.2) is 0 Å². The van der Waals surface area contributed by atoms with Gasteiger partial charge in [0.25, 0.3) is 0 Å². The number of fused-ring (bicyclic) bond motifs is 1. The van der Waals surface area contributed by atoms with Crippen LogP contribution in [0.25, 0.3) is 0 Å². The van der Waals surface area contributed by atoms with Crippen LogP contribution in [0.5, 0.6) is 0 Å². The molecule has 3 aliphatic heterocycles. The molecular weight excluding hydrogens is 222 g/mol. The summed E-state index contributed by atoms with van der Waals surface area (Å²) in [6.07, 6.45) is 6.99. The van der Waals surface area contributed by atoms with E-state index in [1.54, 1.807) is 0 Å². The summed E-state index contributed by atoms with van der Waals surface area (Å²) < 4.78 is 0. The molecule has 0 aromatic rings. The predicted octanol–water partition coefficient (Wildman–Crippen LogP) is 1.54. The van der Waals surface area contributed by atoms with Gasteiger partial charge in [-0.3, -0.25) is 0 Å². The van der Waals surface area contributed by atoms with Crippen LogP contribution >= 0.6 is 0 Å². The molecule has 3 heteroatoms. The first-order valence-electron chi connectivity index (χ1n) is 7.91. The Kier molecular flexibility index (Phi) is 3.92. The summed E-state index contributed by atoms with van der Waals surface area (Å²) in [5.41, 5.74) is 0. The molecular formula is C15H29N3. The lowest BCUT2D eigenvalue weighted by Gasteiger charge is -2.41. The second-order valence-corrected chi connectivity index (χ2v) is 6.85. The van der Waals surface area contributed by atoms with E-state index in [9.17, 15) is 0 Å². The predicted molar refractivity (Wildman–Crippen MR) is 75.8 cm³/mol. The first-order valence-corrected chi connectivity index (χ1v) is 7.91. The summed E-state index contributed by atoms with van der Waals surface area (Å²) in [6.45, 7) is 7.65. The number of nitrogens with zero attached hydrogens (tertiary/aromatic N) is 2. The van der Waals surface area contributed by atoms with Crippen molar-refractivity contribution in [3.8, 4) is 0 Å². The zero-order valence-electron chi connectivity index (χ0n) is 12.1. The van der Waals surface area contributed by atoms with E-state index < -0.39 is 0 Å². The zero-order chi connectivity index (χ0) is 12.5. The molecule has 0 spiro atoms. The van der Waals surface area contributed by atoms with Crippen molar-refractivity contribution < 1.29 is 0 Å². The monoisotopic (exact) mass is 251 g/mol. The van der Waals surface area contributed by atoms with Crippen molar-refractivity contribution in [3.63, 3.8) is 0 Å². The van der Waals surface area contributed by atoms with Crippen molar-refractivity contribution in [2.75, 3.05) is 33.2 Å². The van der Waals surface area contributed by atoms with Gasteiger partial charge in [-0.1, -0.05) is 6.92 Å². The largest absolute Gasteiger partial charge is 0.311 e. The minimum atomic E-state index is 0.763. The second kappa shape index (κ2) is 5.48. The number of hydrogen-bond acceptors (Lipinski definition) is 3. The smallest absolute Gasteiger partial charge is 0.0120 e. The maximum Gasteiger partial charge on any atom is 0.0120 e. The Morgan fingerprint density at radius 2 is 1.94 bits per heavy atom. The van der Waals surface area contributed by atoms with Gasteiger partial charge in [-0.05, 0) is 64.7 Å². The van der Waals surface area contributed by atoms with Crippen molar-refractivity contribution >= 4 is 0 Å². The molecule has 0 saturated carbocycles. The van der Waals surface area contributed by atoms with Crippen LogP contribution in [0, 0.1) is 5.92 Å². The second-order valence-electron chi connectivity index (χ2n) is 6.85. The third kappa shape index (κ3) is 2.73. The molecule has 0 aromatic heterocycles. The number of piperidine rings is 2. The van der Waals surface area contributed by atoms with Crippen LogP contribution in [-0.2, 0) is 0 Å². The lowest BCUT2D eigenvalue weighted by molar-refractivity contribution is 0.126. The van der Waals surface area contributed by atoms with Gasteiger partial charge in [0.05, 0.1) is 0 Å². The standard InChI is InChI=1S/C15H29N3/c1-12-11-17(2)8-6-15(12)16-13-5-9-18-7-3-4-14(18)10-13/h12-16H,3-11H2,1-2H3. The third-order valence-corrected chi connectivity index (χ3v) is 5.38. The molecule has 0 aliphatic carbocycles. The van der Waals surface area contributed by atoms with Gasteiger partial charge in [-0.25, -0.2) is 0 Å². The molecule has 0 bridgehead atoms. The van der Waals surface area contributed by atoms with Crippen molar-refractivity contribution in [3.05, 3.63) is 0 Å². The van der Waals surface area contributed by atoms with Crippen LogP contribution in [-0.4, -0.2) is 61.2 Å². The van der Waals surface area contributed by atoms with E-state index in [0.717, 1.165) is 24.0 Å². The van der Waals surface area contributed by atoms with Crippen molar-refractivity contribution in [1.29, 1.82) is 0 Å². The van der Waals surface area contributed by atoms with Gasteiger partial charge >= 0.3 is 0 Å². The van der Waals surface area contributed by atoms with Crippen LogP contribution in [0.4, 0.5) is 0 Å². The van der Waals surface area contributed by atoms with E-state index in [4.69, 9.17) is 0 Å². The van der Waals surface area contributed by atoms with E-state index in [0.29, 0.717) is 0 Å². The molecule has 3 aliphatic rings. The molecule has 0 aromatic carbocycles. The Labute approximate surface area is 112 Å². The molecule has 18 heavy (non-hydrogen) atoms. The first kappa shape index (κ1) is 12.9. The Morgan fingerprint density at radius 1 is 1.06 bits per heavy atom. The Morgan fingerprint density at radius 3 is 2.78 bits per heavy atom. The van der Waals surface area contributed by atoms with Gasteiger partial charge in [-0.15, -0.1) is 0 Å². The van der Waals surface area contributed by atoms with Gasteiger partial charge in [0.2, 0.25) is 0 Å². The highest BCUT2D eigenvalue weighted by atomic mass is 15.2. The van der Waals surface area contributed by atoms with Crippen molar-refractivity contribution in [1.82, 2.24) is 15.1 Å². The van der Waals surface area contributed by atoms with Gasteiger partial charge in [-0.2, -0.15) is 0 Å². The van der Waals surface area contributed by atoms with Gasteiger partial charge < -0.3 is 15.1 Å². The van der Waals surface area contributed by atoms with Gasteiger partial charge in [0.1, 0.15) is 0 Å². The number of likely N-dealkylation sites (tertiary alicyclic amines) is 1. The fourth-order valence-corrected chi connectivity index (χ4v) is 4.28. The minimum absolute atomic E-state index is 0.763. The topological polar surface area (TPSA) is 18.5 Å². The van der Waals surface area contributed by atoms with Crippen LogP contribution in [0.15, 0.2) is 0 Å². The minimum Gasteiger partial charge on any atom is -0.311 e. The van der Waals surface area contributed by atoms with E-state index in [1.807, 2.05) is 0 Å². The highest BCUT2D eigenvalue weighted by Crippen LogP contribution is 2.28. The highest BCUT2D eigenvalue weighted by Gasteiger charge is 2.33. The Bertz CT molecular complexity index is 281. The van der Waals surface area contributed by atoms with Crippen LogP contribution in [0.2, 0.25) is 0 Å². The molecule has 3 heterocycles. The van der Waals surface area contributed by atoms with Gasteiger partial charge in [0, 0.05) is 24.7 Å². The number of nitrogens with one attached hydrogen (secondary N) is 1. The summed E-state index contributed by atoms with van der Waals surface area (Å²) in [5.74, 6) is 0.811. The lowest BCUT2D eigenvalue weighted by Crippen LogP contribution is -2.53. The summed E-state index contributed by atoms with van der Waals surface area (Å²) in [6, 6.07) is 2.46. The number of rotatable bonds is 2. The van der Waals surface area contributed by atoms with E-state index >= 15 is 0 Å². The zero-order valence-corrected chi connectivity index (χ0v) is 12.1. The van der Waals surface area contributed by atoms with E-state index in [2.05, 4.69) is 29.1 Å². The molecule has 3 rings (SSSR count). The van der Waals surface area contributed by atoms with E-state index in [1.165, 1.54) is 58.3 Å². The lowest BCUT2D eigenvalue weighted by atomic mass is 9.90. The normalized spacial score (nSPS) is 43.0. The third-order valence-electron chi connectivity index (χ3n) is 5.38. The summed E-state index contributed by atoms with van der Waals surface area (Å²) in [4.78, 5) is 5.19. The molecule has 0 radical (unpaired) electrons. The SMILES string of the molecule is CC1CN(C)CCC1NC1CCN2CCCC2C1. The number of hydrogen-bond donors (Lipinski definition) is 1. The molecule has 0 amide bonds. The Balaban J connectivity index is 1.50. The molecule has 4 atom stereocenters. The maximum absolute atomic E-state index is 3.99. The average Bonchev–Trinajstić information content (AvgIpc) is 2.80. The molecule has 1 N–H and O–H groups in total. The van der Waals surface area contributed by atoms with Crippen molar-refractivity contribution in [2.24, 2.45) is 5.92 Å². The average molecular weight is 251 g/mol. The first-order chi connectivity index (χ1) is 8.72. The highest BCUT2D eigenvalue weighted by molar-refractivity contribution is 4.92. The summed E-state index contributed by atoms with van der Waals surface area (Å²) >= 11 is 0. The Hall–Kier alpha value is -0.120. The van der Waals surface area contributed by atoms with Crippen LogP contribution in [0.3, 0.4) is 0 Å². The summed E-state index contributed by atoms with van der Waals surface area (Å²) in [5, 5.41) is 3.99. The van der Waals surface area contributed by atoms with Crippen molar-refractivity contribution in [2.45, 2.75) is 57.2 Å². The fraction of sp³-hybridized carbons (Fsp3) is 1.00. The maximum atomic E-state index is 3.99. The quantitative estimate of drug-likeness (QED) is 0.803. The van der Waals surface area contributed by atoms with E-state index in [-0.39, 0.29) is 0 Å².